The van der Waals surface area contributed by atoms with Crippen molar-refractivity contribution in [2.75, 3.05) is 16.4 Å². The van der Waals surface area contributed by atoms with E-state index in [1.165, 1.54) is 11.1 Å². The van der Waals surface area contributed by atoms with Gasteiger partial charge in [-0.1, -0.05) is 52.3 Å². The zero-order valence-corrected chi connectivity index (χ0v) is 15.7. The molecule has 0 saturated carbocycles. The lowest BCUT2D eigenvalue weighted by atomic mass is 10.1. The molecule has 0 aliphatic heterocycles. The molecule has 132 valence electrons. The van der Waals surface area contributed by atoms with Crippen molar-refractivity contribution in [2.24, 2.45) is 0 Å². The van der Waals surface area contributed by atoms with Crippen LogP contribution in [0.4, 0.5) is 17.8 Å². The smallest absolute Gasteiger partial charge is 0.229 e. The average Bonchev–Trinajstić information content (AvgIpc) is 3.03. The van der Waals surface area contributed by atoms with Crippen LogP contribution in [0.3, 0.4) is 0 Å². The summed E-state index contributed by atoms with van der Waals surface area (Å²) in [7, 11) is 0. The molecule has 0 atom stereocenters. The number of aromatic nitrogens is 3. The van der Waals surface area contributed by atoms with E-state index >= 15 is 0 Å². The molecule has 1 aliphatic carbocycles. The number of rotatable bonds is 5. The van der Waals surface area contributed by atoms with Crippen LogP contribution in [-0.4, -0.2) is 21.0 Å². The van der Waals surface area contributed by atoms with E-state index in [1.807, 2.05) is 24.3 Å². The van der Waals surface area contributed by atoms with Crippen molar-refractivity contribution >= 4 is 33.8 Å². The van der Waals surface area contributed by atoms with Crippen molar-refractivity contribution < 1.29 is 0 Å². The van der Waals surface area contributed by atoms with Gasteiger partial charge in [-0.3, -0.25) is 0 Å². The number of hydrogen-bond acceptors (Lipinski definition) is 6. The fraction of sp³-hybridized carbons (Fsp3) is 0.211. The number of anilines is 3. The van der Waals surface area contributed by atoms with Gasteiger partial charge in [-0.2, -0.15) is 15.0 Å². The predicted octanol–water partition coefficient (Wildman–Crippen LogP) is 3.41. The number of nitrogens with zero attached hydrogens (tertiary/aromatic N) is 3. The highest BCUT2D eigenvalue weighted by Gasteiger charge is 2.21. The second-order valence-corrected chi connectivity index (χ2v) is 7.25. The van der Waals surface area contributed by atoms with Gasteiger partial charge in [0.2, 0.25) is 17.8 Å². The molecule has 1 aliphatic rings. The number of halogens is 1. The van der Waals surface area contributed by atoms with E-state index in [9.17, 15) is 0 Å². The molecule has 0 bridgehead atoms. The Labute approximate surface area is 160 Å². The summed E-state index contributed by atoms with van der Waals surface area (Å²) in [6.45, 7) is 0.616. The van der Waals surface area contributed by atoms with Crippen molar-refractivity contribution in [3.05, 3.63) is 69.7 Å². The molecule has 0 spiro atoms. The van der Waals surface area contributed by atoms with Crippen LogP contribution in [0.2, 0.25) is 0 Å². The van der Waals surface area contributed by atoms with Crippen LogP contribution in [0.5, 0.6) is 0 Å². The quantitative estimate of drug-likeness (QED) is 0.597. The van der Waals surface area contributed by atoms with Crippen molar-refractivity contribution in [3.63, 3.8) is 0 Å². The summed E-state index contributed by atoms with van der Waals surface area (Å²) in [4.78, 5) is 12.9. The third-order valence-electron chi connectivity index (χ3n) is 4.40. The summed E-state index contributed by atoms with van der Waals surface area (Å²) in [5, 5.41) is 6.59. The van der Waals surface area contributed by atoms with E-state index in [-0.39, 0.29) is 12.0 Å². The topological polar surface area (TPSA) is 88.8 Å². The standard InChI is InChI=1S/C19H19BrN6/c20-15-7-5-12(6-8-15)11-22-18-24-17(21)25-19(26-18)23-16-9-13-3-1-2-4-14(13)10-16/h1-8,16H,9-11H2,(H4,21,22,23,24,25,26). The molecule has 0 fully saturated rings. The summed E-state index contributed by atoms with van der Waals surface area (Å²) in [5.41, 5.74) is 9.74. The minimum absolute atomic E-state index is 0.205. The Morgan fingerprint density at radius 3 is 2.27 bits per heavy atom. The number of benzene rings is 2. The number of fused-ring (bicyclic) bond motifs is 1. The Morgan fingerprint density at radius 1 is 0.923 bits per heavy atom. The van der Waals surface area contributed by atoms with E-state index in [2.05, 4.69) is 65.8 Å². The van der Waals surface area contributed by atoms with Gasteiger partial charge in [0.05, 0.1) is 0 Å². The van der Waals surface area contributed by atoms with Crippen molar-refractivity contribution in [1.29, 1.82) is 0 Å². The van der Waals surface area contributed by atoms with Gasteiger partial charge in [-0.15, -0.1) is 0 Å². The van der Waals surface area contributed by atoms with E-state index in [0.29, 0.717) is 18.4 Å². The van der Waals surface area contributed by atoms with E-state index in [4.69, 9.17) is 5.73 Å². The van der Waals surface area contributed by atoms with Crippen LogP contribution in [0.25, 0.3) is 0 Å². The predicted molar refractivity (Wildman–Crippen MR) is 107 cm³/mol. The molecule has 1 aromatic heterocycles. The summed E-state index contributed by atoms with van der Waals surface area (Å²) in [6.07, 6.45) is 1.92. The maximum Gasteiger partial charge on any atom is 0.229 e. The fourth-order valence-electron chi connectivity index (χ4n) is 3.16. The molecule has 4 N–H and O–H groups in total. The monoisotopic (exact) mass is 410 g/mol. The molecular formula is C19H19BrN6. The maximum atomic E-state index is 5.86. The lowest BCUT2D eigenvalue weighted by molar-refractivity contribution is 0.760. The van der Waals surface area contributed by atoms with Crippen LogP contribution in [0, 0.1) is 0 Å². The number of nitrogens with two attached hydrogens (primary N) is 1. The molecule has 0 unspecified atom stereocenters. The van der Waals surface area contributed by atoms with Crippen molar-refractivity contribution in [2.45, 2.75) is 25.4 Å². The minimum atomic E-state index is 0.205. The third kappa shape index (κ3) is 3.94. The van der Waals surface area contributed by atoms with Gasteiger partial charge >= 0.3 is 0 Å². The molecule has 0 radical (unpaired) electrons. The fourth-order valence-corrected chi connectivity index (χ4v) is 3.43. The maximum absolute atomic E-state index is 5.86. The highest BCUT2D eigenvalue weighted by Crippen LogP contribution is 2.24. The van der Waals surface area contributed by atoms with Crippen LogP contribution >= 0.6 is 15.9 Å². The SMILES string of the molecule is Nc1nc(NCc2ccc(Br)cc2)nc(NC2Cc3ccccc3C2)n1. The van der Waals surface area contributed by atoms with Crippen LogP contribution in [0.1, 0.15) is 16.7 Å². The van der Waals surface area contributed by atoms with Crippen LogP contribution < -0.4 is 16.4 Å². The normalized spacial score (nSPS) is 13.4. The van der Waals surface area contributed by atoms with Gasteiger partial charge < -0.3 is 16.4 Å². The summed E-state index contributed by atoms with van der Waals surface area (Å²) in [6, 6.07) is 16.8. The summed E-state index contributed by atoms with van der Waals surface area (Å²) >= 11 is 3.43. The van der Waals surface area contributed by atoms with E-state index < -0.39 is 0 Å². The lowest BCUT2D eigenvalue weighted by Gasteiger charge is -2.13. The Bertz CT molecular complexity index is 887. The Hall–Kier alpha value is -2.67. The first kappa shape index (κ1) is 16.8. The Kier molecular flexibility index (Phi) is 4.71. The van der Waals surface area contributed by atoms with E-state index in [0.717, 1.165) is 22.9 Å². The Balaban J connectivity index is 1.42. The molecule has 7 heteroatoms. The van der Waals surface area contributed by atoms with Gasteiger partial charge in [0.15, 0.2) is 0 Å². The van der Waals surface area contributed by atoms with Gasteiger partial charge in [-0.25, -0.2) is 0 Å². The number of hydrogen-bond donors (Lipinski definition) is 3. The van der Waals surface area contributed by atoms with Crippen LogP contribution in [0.15, 0.2) is 53.0 Å². The minimum Gasteiger partial charge on any atom is -0.368 e. The first-order valence-electron chi connectivity index (χ1n) is 8.49. The summed E-state index contributed by atoms with van der Waals surface area (Å²) < 4.78 is 1.05. The molecule has 26 heavy (non-hydrogen) atoms. The molecular weight excluding hydrogens is 392 g/mol. The molecule has 6 nitrogen and oxygen atoms in total. The molecule has 3 aromatic rings. The van der Waals surface area contributed by atoms with Crippen molar-refractivity contribution in [3.8, 4) is 0 Å². The lowest BCUT2D eigenvalue weighted by Crippen LogP contribution is -2.22. The molecule has 1 heterocycles. The molecule has 4 rings (SSSR count). The first-order valence-corrected chi connectivity index (χ1v) is 9.28. The first-order chi connectivity index (χ1) is 12.7. The highest BCUT2D eigenvalue weighted by atomic mass is 79.9. The highest BCUT2D eigenvalue weighted by molar-refractivity contribution is 9.10. The summed E-state index contributed by atoms with van der Waals surface area (Å²) in [5.74, 6) is 1.18. The van der Waals surface area contributed by atoms with Gasteiger partial charge in [0.25, 0.3) is 0 Å². The van der Waals surface area contributed by atoms with Crippen LogP contribution in [-0.2, 0) is 19.4 Å². The van der Waals surface area contributed by atoms with Crippen molar-refractivity contribution in [1.82, 2.24) is 15.0 Å². The van der Waals surface area contributed by atoms with Gasteiger partial charge in [-0.05, 0) is 41.7 Å². The van der Waals surface area contributed by atoms with Gasteiger partial charge in [0, 0.05) is 17.1 Å². The van der Waals surface area contributed by atoms with Gasteiger partial charge in [0.1, 0.15) is 0 Å². The molecule has 2 aromatic carbocycles. The largest absolute Gasteiger partial charge is 0.368 e. The number of nitrogens with one attached hydrogen (secondary N) is 2. The third-order valence-corrected chi connectivity index (χ3v) is 4.93. The van der Waals surface area contributed by atoms with E-state index in [1.54, 1.807) is 0 Å². The second kappa shape index (κ2) is 7.29. The zero-order chi connectivity index (χ0) is 17.9. The average molecular weight is 411 g/mol. The molecule has 0 saturated heterocycles. The second-order valence-electron chi connectivity index (χ2n) is 6.34. The number of nitrogen functional groups attached to an aromatic ring is 1. The molecule has 0 amide bonds. The Morgan fingerprint density at radius 2 is 1.58 bits per heavy atom. The zero-order valence-electron chi connectivity index (χ0n) is 14.1.